The van der Waals surface area contributed by atoms with E-state index in [0.29, 0.717) is 12.4 Å². The Kier molecular flexibility index (Phi) is 6.93. The van der Waals surface area contributed by atoms with Crippen molar-refractivity contribution < 1.29 is 14.0 Å². The first-order valence-corrected chi connectivity index (χ1v) is 12.3. The van der Waals surface area contributed by atoms with Crippen LogP contribution in [0.2, 0.25) is 0 Å². The summed E-state index contributed by atoms with van der Waals surface area (Å²) in [5.41, 5.74) is 2.81. The molecule has 0 spiro atoms. The zero-order chi connectivity index (χ0) is 24.0. The second-order valence-corrected chi connectivity index (χ2v) is 9.06. The third-order valence-electron chi connectivity index (χ3n) is 6.71. The van der Waals surface area contributed by atoms with Crippen LogP contribution in [0, 0.1) is 0 Å². The van der Waals surface area contributed by atoms with Crippen molar-refractivity contribution in [2.24, 2.45) is 0 Å². The normalized spacial score (nSPS) is 14.2. The summed E-state index contributed by atoms with van der Waals surface area (Å²) in [7, 11) is 0. The van der Waals surface area contributed by atoms with Crippen LogP contribution >= 0.6 is 0 Å². The Morgan fingerprint density at radius 2 is 1.74 bits per heavy atom. The van der Waals surface area contributed by atoms with Crippen molar-refractivity contribution >= 4 is 22.8 Å². The molecule has 7 nitrogen and oxygen atoms in total. The predicted octanol–water partition coefficient (Wildman–Crippen LogP) is 4.92. The van der Waals surface area contributed by atoms with Gasteiger partial charge in [-0.1, -0.05) is 61.7 Å². The fraction of sp³-hybridized carbons (Fsp3) is 0.321. The number of carbonyl (C=O) groups is 2. The van der Waals surface area contributed by atoms with E-state index >= 15 is 0 Å². The van der Waals surface area contributed by atoms with Gasteiger partial charge in [0.2, 0.25) is 5.91 Å². The lowest BCUT2D eigenvalue weighted by Crippen LogP contribution is -2.42. The second-order valence-electron chi connectivity index (χ2n) is 9.06. The molecule has 1 fully saturated rings. The molecule has 0 bridgehead atoms. The molecule has 2 aromatic carbocycles. The zero-order valence-corrected chi connectivity index (χ0v) is 19.7. The number of hydrogen-bond donors (Lipinski definition) is 1. The molecule has 2 amide bonds. The third-order valence-corrected chi connectivity index (χ3v) is 6.71. The van der Waals surface area contributed by atoms with Crippen LogP contribution in [0.15, 0.2) is 77.4 Å². The summed E-state index contributed by atoms with van der Waals surface area (Å²) in [6, 6.07) is 21.5. The summed E-state index contributed by atoms with van der Waals surface area (Å²) < 4.78 is 7.12. The number of rotatable bonds is 8. The van der Waals surface area contributed by atoms with Crippen molar-refractivity contribution in [2.75, 3.05) is 0 Å². The molecule has 2 heterocycles. The van der Waals surface area contributed by atoms with E-state index in [1.54, 1.807) is 12.1 Å². The van der Waals surface area contributed by atoms with Gasteiger partial charge in [-0.2, -0.15) is 0 Å². The quantitative estimate of drug-likeness (QED) is 0.396. The van der Waals surface area contributed by atoms with Gasteiger partial charge in [-0.05, 0) is 42.7 Å². The minimum absolute atomic E-state index is 0.0718. The van der Waals surface area contributed by atoms with Gasteiger partial charge in [-0.3, -0.25) is 9.59 Å². The third kappa shape index (κ3) is 5.29. The smallest absolute Gasteiger partial charge is 0.287 e. The van der Waals surface area contributed by atoms with E-state index in [-0.39, 0.29) is 36.7 Å². The SMILES string of the molecule is O=C(NCc1nc2ccccc2n1CC(=O)N(Cc1ccccc1)C1CCCCC1)c1ccco1. The summed E-state index contributed by atoms with van der Waals surface area (Å²) in [6.07, 6.45) is 7.08. The first kappa shape index (κ1) is 22.9. The van der Waals surface area contributed by atoms with Crippen molar-refractivity contribution in [3.8, 4) is 0 Å². The van der Waals surface area contributed by atoms with E-state index in [0.717, 1.165) is 42.3 Å². The van der Waals surface area contributed by atoms with Gasteiger partial charge < -0.3 is 19.2 Å². The number of carbonyl (C=O) groups excluding carboxylic acids is 2. The summed E-state index contributed by atoms with van der Waals surface area (Å²) in [5.74, 6) is 0.646. The molecule has 4 aromatic rings. The van der Waals surface area contributed by atoms with Gasteiger partial charge in [0.1, 0.15) is 12.4 Å². The van der Waals surface area contributed by atoms with E-state index in [9.17, 15) is 9.59 Å². The number of benzene rings is 2. The lowest BCUT2D eigenvalue weighted by atomic mass is 9.93. The van der Waals surface area contributed by atoms with Crippen LogP contribution in [0.25, 0.3) is 11.0 Å². The molecule has 180 valence electrons. The van der Waals surface area contributed by atoms with Crippen LogP contribution in [0.4, 0.5) is 0 Å². The molecule has 7 heteroatoms. The predicted molar refractivity (Wildman–Crippen MR) is 133 cm³/mol. The van der Waals surface area contributed by atoms with Crippen LogP contribution in [0.5, 0.6) is 0 Å². The molecule has 1 saturated carbocycles. The van der Waals surface area contributed by atoms with Gasteiger partial charge in [0.05, 0.1) is 23.8 Å². The van der Waals surface area contributed by atoms with E-state index in [4.69, 9.17) is 9.40 Å². The molecule has 0 saturated heterocycles. The number of hydrogen-bond acceptors (Lipinski definition) is 4. The summed E-state index contributed by atoms with van der Waals surface area (Å²) in [5, 5.41) is 2.87. The second kappa shape index (κ2) is 10.6. The topological polar surface area (TPSA) is 80.4 Å². The minimum Gasteiger partial charge on any atom is -0.459 e. The summed E-state index contributed by atoms with van der Waals surface area (Å²) >= 11 is 0. The Balaban J connectivity index is 1.40. The standard InChI is InChI=1S/C28H30N4O3/c33-27(31(22-12-5-2-6-13-22)19-21-10-3-1-4-11-21)20-32-24-15-8-7-14-23(24)30-26(32)18-29-28(34)25-16-9-17-35-25/h1,3-4,7-11,14-17,22H,2,5-6,12-13,18-20H2,(H,29,34). The Hall–Kier alpha value is -3.87. The fourth-order valence-corrected chi connectivity index (χ4v) is 4.91. The van der Waals surface area contributed by atoms with E-state index < -0.39 is 0 Å². The largest absolute Gasteiger partial charge is 0.459 e. The minimum atomic E-state index is -0.312. The van der Waals surface area contributed by atoms with Crippen LogP contribution in [-0.2, 0) is 24.4 Å². The molecular weight excluding hydrogens is 440 g/mol. The number of furan rings is 1. The number of amides is 2. The molecule has 0 unspecified atom stereocenters. The Labute approximate surface area is 204 Å². The van der Waals surface area contributed by atoms with Crippen LogP contribution in [-0.4, -0.2) is 32.3 Å². The Morgan fingerprint density at radius 3 is 2.51 bits per heavy atom. The number of nitrogens with zero attached hydrogens (tertiary/aromatic N) is 3. The Bertz CT molecular complexity index is 1270. The van der Waals surface area contributed by atoms with Gasteiger partial charge in [0.15, 0.2) is 5.76 Å². The van der Waals surface area contributed by atoms with E-state index in [2.05, 4.69) is 22.3 Å². The summed E-state index contributed by atoms with van der Waals surface area (Å²) in [6.45, 7) is 0.973. The van der Waals surface area contributed by atoms with Crippen molar-refractivity contribution in [1.29, 1.82) is 0 Å². The number of imidazole rings is 1. The van der Waals surface area contributed by atoms with E-state index in [1.165, 1.54) is 12.7 Å². The van der Waals surface area contributed by atoms with Gasteiger partial charge in [0, 0.05) is 12.6 Å². The summed E-state index contributed by atoms with van der Waals surface area (Å²) in [4.78, 5) is 33.0. The van der Waals surface area contributed by atoms with E-state index in [1.807, 2.05) is 47.0 Å². The van der Waals surface area contributed by atoms with Crippen LogP contribution in [0.3, 0.4) is 0 Å². The van der Waals surface area contributed by atoms with Crippen molar-refractivity contribution in [3.05, 3.63) is 90.1 Å². The zero-order valence-electron chi connectivity index (χ0n) is 19.7. The maximum atomic E-state index is 13.8. The van der Waals surface area contributed by atoms with Gasteiger partial charge in [-0.15, -0.1) is 0 Å². The average Bonchev–Trinajstić information content (AvgIpc) is 3.56. The molecular formula is C28H30N4O3. The van der Waals surface area contributed by atoms with Crippen LogP contribution in [0.1, 0.15) is 54.0 Å². The molecule has 5 rings (SSSR count). The highest BCUT2D eigenvalue weighted by atomic mass is 16.3. The lowest BCUT2D eigenvalue weighted by molar-refractivity contribution is -0.135. The molecule has 1 N–H and O–H groups in total. The maximum absolute atomic E-state index is 13.8. The monoisotopic (exact) mass is 470 g/mol. The molecule has 2 aromatic heterocycles. The fourth-order valence-electron chi connectivity index (χ4n) is 4.91. The highest BCUT2D eigenvalue weighted by Crippen LogP contribution is 2.25. The van der Waals surface area contributed by atoms with Gasteiger partial charge in [-0.25, -0.2) is 4.98 Å². The van der Waals surface area contributed by atoms with Crippen molar-refractivity contribution in [3.63, 3.8) is 0 Å². The molecule has 0 atom stereocenters. The average molecular weight is 471 g/mol. The highest BCUT2D eigenvalue weighted by molar-refractivity contribution is 5.91. The molecule has 1 aliphatic carbocycles. The molecule has 0 aliphatic heterocycles. The maximum Gasteiger partial charge on any atom is 0.287 e. The lowest BCUT2D eigenvalue weighted by Gasteiger charge is -2.35. The number of nitrogens with one attached hydrogen (secondary N) is 1. The first-order valence-electron chi connectivity index (χ1n) is 12.3. The van der Waals surface area contributed by atoms with Crippen molar-refractivity contribution in [2.45, 2.75) is 57.8 Å². The molecule has 1 aliphatic rings. The molecule has 0 radical (unpaired) electrons. The van der Waals surface area contributed by atoms with Crippen LogP contribution < -0.4 is 5.32 Å². The Morgan fingerprint density at radius 1 is 0.971 bits per heavy atom. The number of aromatic nitrogens is 2. The van der Waals surface area contributed by atoms with Gasteiger partial charge in [0.25, 0.3) is 5.91 Å². The highest BCUT2D eigenvalue weighted by Gasteiger charge is 2.27. The number of para-hydroxylation sites is 2. The first-order chi connectivity index (χ1) is 17.2. The van der Waals surface area contributed by atoms with Crippen molar-refractivity contribution in [1.82, 2.24) is 19.8 Å². The van der Waals surface area contributed by atoms with Gasteiger partial charge >= 0.3 is 0 Å². The molecule has 35 heavy (non-hydrogen) atoms. The number of fused-ring (bicyclic) bond motifs is 1.